The number of hydrogen-bond donors (Lipinski definition) is 4. The van der Waals surface area contributed by atoms with Gasteiger partial charge in [0.05, 0.1) is 12.3 Å². The molecule has 0 radical (unpaired) electrons. The second-order valence-electron chi connectivity index (χ2n) is 8.15. The third kappa shape index (κ3) is 5.47. The van der Waals surface area contributed by atoms with Crippen LogP contribution in [0.5, 0.6) is 0 Å². The van der Waals surface area contributed by atoms with Crippen LogP contribution >= 0.6 is 11.8 Å². The minimum absolute atomic E-state index is 0.637. The van der Waals surface area contributed by atoms with E-state index < -0.39 is 42.0 Å². The first kappa shape index (κ1) is 24.2. The number of ether oxygens (including phenoxy) is 1. The van der Waals surface area contributed by atoms with E-state index in [1.165, 1.54) is 41.3 Å². The number of aromatic nitrogens is 3. The number of aryl methyl sites for hydroxylation is 1. The molecule has 8 nitrogen and oxygen atoms in total. The summed E-state index contributed by atoms with van der Waals surface area (Å²) in [5, 5.41) is 49.7. The molecule has 7 atom stereocenters. The Bertz CT molecular complexity index is 814. The van der Waals surface area contributed by atoms with Gasteiger partial charge >= 0.3 is 0 Å². The molecule has 0 unspecified atom stereocenters. The SMILES string of the molecule is CCCCCc1ccc(-c2cn([C@@H]([C@H]3O[C@H](SC)[C@H](O)[C@@H](O)[C@H]3O)[C@@H](C)O)nn2)cc1. The van der Waals surface area contributed by atoms with Gasteiger partial charge < -0.3 is 25.2 Å². The maximum atomic E-state index is 10.5. The van der Waals surface area contributed by atoms with E-state index in [4.69, 9.17) is 4.74 Å². The highest BCUT2D eigenvalue weighted by Crippen LogP contribution is 2.34. The zero-order chi connectivity index (χ0) is 22.5. The summed E-state index contributed by atoms with van der Waals surface area (Å²) in [6.07, 6.45) is 2.17. The highest BCUT2D eigenvalue weighted by Gasteiger charge is 2.48. The molecule has 0 bridgehead atoms. The fourth-order valence-corrected chi connectivity index (χ4v) is 4.65. The van der Waals surface area contributed by atoms with Gasteiger partial charge in [-0.1, -0.05) is 49.2 Å². The molecule has 1 aliphatic rings. The number of benzene rings is 1. The molecule has 1 aromatic heterocycles. The molecule has 1 aliphatic heterocycles. The van der Waals surface area contributed by atoms with Crippen LogP contribution in [-0.2, 0) is 11.2 Å². The van der Waals surface area contributed by atoms with Gasteiger partial charge in [-0.3, -0.25) is 0 Å². The number of hydrogen-bond acceptors (Lipinski definition) is 8. The number of unbranched alkanes of at least 4 members (excludes halogenated alkanes) is 2. The Morgan fingerprint density at radius 2 is 1.81 bits per heavy atom. The standard InChI is InChI=1S/C22H33N3O5S/c1-4-5-6-7-14-8-10-15(11-9-14)16-12-25(24-23-16)17(13(2)26)21-19(28)18(27)20(29)22(30-21)31-3/h8-13,17-22,26-29H,4-7H2,1-3H3/t13-,17-,18+,19-,20-,21-,22-/m1/s1. The second kappa shape index (κ2) is 10.9. The molecule has 9 heteroatoms. The zero-order valence-corrected chi connectivity index (χ0v) is 19.0. The Kier molecular flexibility index (Phi) is 8.49. The van der Waals surface area contributed by atoms with Crippen LogP contribution in [0.25, 0.3) is 11.3 Å². The number of aliphatic hydroxyl groups excluding tert-OH is 4. The highest BCUT2D eigenvalue weighted by molar-refractivity contribution is 7.99. The first-order valence-electron chi connectivity index (χ1n) is 10.8. The molecule has 1 aromatic carbocycles. The van der Waals surface area contributed by atoms with Crippen LogP contribution in [0, 0.1) is 0 Å². The molecule has 3 rings (SSSR count). The number of rotatable bonds is 9. The average molecular weight is 452 g/mol. The van der Waals surface area contributed by atoms with Gasteiger partial charge in [-0.25, -0.2) is 4.68 Å². The first-order valence-corrected chi connectivity index (χ1v) is 12.1. The summed E-state index contributed by atoms with van der Waals surface area (Å²) >= 11 is 1.23. The van der Waals surface area contributed by atoms with Gasteiger partial charge in [-0.2, -0.15) is 0 Å². The molecular weight excluding hydrogens is 418 g/mol. The summed E-state index contributed by atoms with van der Waals surface area (Å²) in [5.41, 5.74) is 2.09. The van der Waals surface area contributed by atoms with Crippen molar-refractivity contribution in [2.45, 2.75) is 81.5 Å². The third-order valence-corrected chi connectivity index (χ3v) is 6.66. The minimum atomic E-state index is -1.39. The van der Waals surface area contributed by atoms with Crippen LogP contribution in [0.3, 0.4) is 0 Å². The summed E-state index contributed by atoms with van der Waals surface area (Å²) in [4.78, 5) is 0. The predicted octanol–water partition coefficient (Wildman–Crippen LogP) is 1.77. The first-order chi connectivity index (χ1) is 14.9. The number of nitrogens with zero attached hydrogens (tertiary/aromatic N) is 3. The normalized spacial score (nSPS) is 28.4. The van der Waals surface area contributed by atoms with Gasteiger partial charge in [0.1, 0.15) is 41.6 Å². The van der Waals surface area contributed by atoms with Gasteiger partial charge in [-0.15, -0.1) is 16.9 Å². The van der Waals surface area contributed by atoms with Gasteiger partial charge in [0.25, 0.3) is 0 Å². The lowest BCUT2D eigenvalue weighted by molar-refractivity contribution is -0.216. The van der Waals surface area contributed by atoms with Crippen molar-refractivity contribution >= 4 is 11.8 Å². The lowest BCUT2D eigenvalue weighted by Crippen LogP contribution is -2.59. The highest BCUT2D eigenvalue weighted by atomic mass is 32.2. The van der Waals surface area contributed by atoms with Crippen molar-refractivity contribution in [2.75, 3.05) is 6.26 Å². The molecule has 1 saturated heterocycles. The maximum absolute atomic E-state index is 10.5. The molecule has 4 N–H and O–H groups in total. The van der Waals surface area contributed by atoms with E-state index in [0.717, 1.165) is 12.0 Å². The van der Waals surface area contributed by atoms with Crippen molar-refractivity contribution in [2.24, 2.45) is 0 Å². The monoisotopic (exact) mass is 451 g/mol. The van der Waals surface area contributed by atoms with E-state index >= 15 is 0 Å². The largest absolute Gasteiger partial charge is 0.391 e. The van der Waals surface area contributed by atoms with Crippen molar-refractivity contribution in [3.8, 4) is 11.3 Å². The number of thioether (sulfide) groups is 1. The summed E-state index contributed by atoms with van der Waals surface area (Å²) in [5.74, 6) is 0. The summed E-state index contributed by atoms with van der Waals surface area (Å²) in [7, 11) is 0. The Morgan fingerprint density at radius 3 is 2.42 bits per heavy atom. The lowest BCUT2D eigenvalue weighted by atomic mass is 9.92. The van der Waals surface area contributed by atoms with E-state index in [1.54, 1.807) is 19.4 Å². The van der Waals surface area contributed by atoms with Gasteiger partial charge in [0, 0.05) is 5.56 Å². The average Bonchev–Trinajstić information content (AvgIpc) is 3.24. The van der Waals surface area contributed by atoms with Crippen LogP contribution in [-0.4, -0.2) is 77.6 Å². The smallest absolute Gasteiger partial charge is 0.132 e. The fraction of sp³-hybridized carbons (Fsp3) is 0.636. The maximum Gasteiger partial charge on any atom is 0.132 e. The zero-order valence-electron chi connectivity index (χ0n) is 18.2. The Hall–Kier alpha value is -1.49. The molecule has 172 valence electrons. The quantitative estimate of drug-likeness (QED) is 0.426. The topological polar surface area (TPSA) is 121 Å². The van der Waals surface area contributed by atoms with Crippen molar-refractivity contribution in [1.29, 1.82) is 0 Å². The molecule has 2 heterocycles. The Balaban J connectivity index is 1.79. The molecule has 2 aromatic rings. The van der Waals surface area contributed by atoms with Crippen LogP contribution in [0.15, 0.2) is 30.5 Å². The van der Waals surface area contributed by atoms with Crippen molar-refractivity contribution < 1.29 is 25.2 Å². The molecular formula is C22H33N3O5S. The summed E-state index contributed by atoms with van der Waals surface area (Å²) in [6.45, 7) is 3.76. The van der Waals surface area contributed by atoms with Gasteiger partial charge in [0.15, 0.2) is 0 Å². The lowest BCUT2D eigenvalue weighted by Gasteiger charge is -2.43. The predicted molar refractivity (Wildman–Crippen MR) is 120 cm³/mol. The van der Waals surface area contributed by atoms with Gasteiger partial charge in [0.2, 0.25) is 0 Å². The summed E-state index contributed by atoms with van der Waals surface area (Å²) in [6, 6.07) is 7.39. The molecule has 1 fully saturated rings. The van der Waals surface area contributed by atoms with E-state index in [9.17, 15) is 20.4 Å². The van der Waals surface area contributed by atoms with Crippen LogP contribution in [0.4, 0.5) is 0 Å². The fourth-order valence-electron chi connectivity index (χ4n) is 3.97. The molecule has 0 amide bonds. The van der Waals surface area contributed by atoms with E-state index in [0.29, 0.717) is 5.69 Å². The van der Waals surface area contributed by atoms with Crippen LogP contribution < -0.4 is 0 Å². The van der Waals surface area contributed by atoms with E-state index in [1.807, 2.05) is 12.1 Å². The minimum Gasteiger partial charge on any atom is -0.391 e. The molecule has 0 saturated carbocycles. The van der Waals surface area contributed by atoms with Crippen molar-refractivity contribution in [3.63, 3.8) is 0 Å². The third-order valence-electron chi connectivity index (χ3n) is 5.80. The van der Waals surface area contributed by atoms with Crippen LogP contribution in [0.2, 0.25) is 0 Å². The van der Waals surface area contributed by atoms with E-state index in [2.05, 4.69) is 29.4 Å². The Morgan fingerprint density at radius 1 is 1.10 bits per heavy atom. The van der Waals surface area contributed by atoms with Crippen LogP contribution in [0.1, 0.15) is 44.7 Å². The molecule has 31 heavy (non-hydrogen) atoms. The van der Waals surface area contributed by atoms with Crippen molar-refractivity contribution in [3.05, 3.63) is 36.0 Å². The number of aliphatic hydroxyl groups is 4. The van der Waals surface area contributed by atoms with Gasteiger partial charge in [-0.05, 0) is 31.6 Å². The van der Waals surface area contributed by atoms with E-state index in [-0.39, 0.29) is 0 Å². The molecule has 0 spiro atoms. The summed E-state index contributed by atoms with van der Waals surface area (Å²) < 4.78 is 7.30. The Labute approximate surface area is 187 Å². The second-order valence-corrected chi connectivity index (χ2v) is 9.08. The van der Waals surface area contributed by atoms with Crippen molar-refractivity contribution in [1.82, 2.24) is 15.0 Å². The molecule has 0 aliphatic carbocycles.